The molecule has 26 heavy (non-hydrogen) atoms. The van der Waals surface area contributed by atoms with Gasteiger partial charge in [0.2, 0.25) is 0 Å². The Morgan fingerprint density at radius 3 is 2.58 bits per heavy atom. The SMILES string of the molecule is COc1ccc(C)cc1N/C=C(/C#N)C(=O)Nc1ccccc1C(C)C. The van der Waals surface area contributed by atoms with Crippen LogP contribution in [0.15, 0.2) is 54.2 Å². The Balaban J connectivity index is 2.21. The molecule has 5 heteroatoms. The van der Waals surface area contributed by atoms with E-state index in [1.54, 1.807) is 7.11 Å². The van der Waals surface area contributed by atoms with E-state index >= 15 is 0 Å². The summed E-state index contributed by atoms with van der Waals surface area (Å²) < 4.78 is 5.29. The fourth-order valence-electron chi connectivity index (χ4n) is 2.54. The van der Waals surface area contributed by atoms with Crippen LogP contribution in [-0.4, -0.2) is 13.0 Å². The maximum absolute atomic E-state index is 12.5. The topological polar surface area (TPSA) is 74.1 Å². The second-order valence-electron chi connectivity index (χ2n) is 6.21. The van der Waals surface area contributed by atoms with E-state index in [1.165, 1.54) is 6.20 Å². The van der Waals surface area contributed by atoms with Crippen LogP contribution >= 0.6 is 0 Å². The predicted molar refractivity (Wildman–Crippen MR) is 104 cm³/mol. The molecule has 0 heterocycles. The highest BCUT2D eigenvalue weighted by atomic mass is 16.5. The molecule has 0 aliphatic heterocycles. The molecule has 0 aliphatic rings. The Morgan fingerprint density at radius 1 is 1.19 bits per heavy atom. The van der Waals surface area contributed by atoms with Crippen molar-refractivity contribution >= 4 is 17.3 Å². The lowest BCUT2D eigenvalue weighted by molar-refractivity contribution is -0.112. The number of amides is 1. The first-order valence-corrected chi connectivity index (χ1v) is 8.38. The largest absolute Gasteiger partial charge is 0.495 e. The summed E-state index contributed by atoms with van der Waals surface area (Å²) >= 11 is 0. The first-order valence-electron chi connectivity index (χ1n) is 8.38. The normalized spacial score (nSPS) is 11.0. The van der Waals surface area contributed by atoms with Crippen LogP contribution in [0.25, 0.3) is 0 Å². The third-order valence-electron chi connectivity index (χ3n) is 3.92. The molecule has 0 bridgehead atoms. The molecular weight excluding hydrogens is 326 g/mol. The van der Waals surface area contributed by atoms with Gasteiger partial charge in [0.25, 0.3) is 5.91 Å². The number of nitrogens with one attached hydrogen (secondary N) is 2. The van der Waals surface area contributed by atoms with Gasteiger partial charge in [-0.05, 0) is 42.2 Å². The third-order valence-corrected chi connectivity index (χ3v) is 3.92. The zero-order valence-electron chi connectivity index (χ0n) is 15.5. The Hall–Kier alpha value is -3.26. The molecule has 0 saturated carbocycles. The zero-order valence-corrected chi connectivity index (χ0v) is 15.5. The Labute approximate surface area is 154 Å². The van der Waals surface area contributed by atoms with Crippen molar-refractivity contribution in [3.05, 3.63) is 65.4 Å². The van der Waals surface area contributed by atoms with Crippen molar-refractivity contribution in [3.8, 4) is 11.8 Å². The number of rotatable bonds is 6. The van der Waals surface area contributed by atoms with E-state index in [4.69, 9.17) is 4.74 Å². The monoisotopic (exact) mass is 349 g/mol. The number of hydrogen-bond acceptors (Lipinski definition) is 4. The first kappa shape index (κ1) is 19.1. The van der Waals surface area contributed by atoms with Crippen LogP contribution in [0, 0.1) is 18.3 Å². The maximum atomic E-state index is 12.5. The van der Waals surface area contributed by atoms with Gasteiger partial charge in [0, 0.05) is 11.9 Å². The van der Waals surface area contributed by atoms with Crippen LogP contribution < -0.4 is 15.4 Å². The van der Waals surface area contributed by atoms with E-state index in [9.17, 15) is 10.1 Å². The van der Waals surface area contributed by atoms with Gasteiger partial charge in [0.15, 0.2) is 0 Å². The molecular formula is C21H23N3O2. The molecule has 2 N–H and O–H groups in total. The maximum Gasteiger partial charge on any atom is 0.267 e. The minimum absolute atomic E-state index is 0.0212. The Morgan fingerprint density at radius 2 is 1.92 bits per heavy atom. The number of methoxy groups -OCH3 is 1. The highest BCUT2D eigenvalue weighted by Crippen LogP contribution is 2.26. The number of carbonyl (C=O) groups excluding carboxylic acids is 1. The summed E-state index contributed by atoms with van der Waals surface area (Å²) in [5.74, 6) is 0.435. The van der Waals surface area contributed by atoms with Crippen LogP contribution in [0.3, 0.4) is 0 Å². The number of nitriles is 1. The number of benzene rings is 2. The standard InChI is InChI=1S/C21H23N3O2/c1-14(2)17-7-5-6-8-18(17)24-21(25)16(12-22)13-23-19-11-15(3)9-10-20(19)26-4/h5-11,13-14,23H,1-4H3,(H,24,25)/b16-13-. The average Bonchev–Trinajstić information content (AvgIpc) is 2.62. The van der Waals surface area contributed by atoms with E-state index in [-0.39, 0.29) is 11.5 Å². The lowest BCUT2D eigenvalue weighted by Crippen LogP contribution is -2.16. The van der Waals surface area contributed by atoms with Crippen molar-refractivity contribution in [2.75, 3.05) is 17.7 Å². The molecule has 0 aliphatic carbocycles. The van der Waals surface area contributed by atoms with Crippen molar-refractivity contribution in [1.82, 2.24) is 0 Å². The fraction of sp³-hybridized carbons (Fsp3) is 0.238. The molecule has 0 atom stereocenters. The van der Waals surface area contributed by atoms with Crippen LogP contribution in [-0.2, 0) is 4.79 Å². The number of ether oxygens (including phenoxy) is 1. The molecule has 0 spiro atoms. The van der Waals surface area contributed by atoms with Crippen LogP contribution in [0.1, 0.15) is 30.9 Å². The average molecular weight is 349 g/mol. The van der Waals surface area contributed by atoms with Crippen LogP contribution in [0.2, 0.25) is 0 Å². The van der Waals surface area contributed by atoms with Crippen LogP contribution in [0.5, 0.6) is 5.75 Å². The summed E-state index contributed by atoms with van der Waals surface area (Å²) in [6.45, 7) is 6.06. The van der Waals surface area contributed by atoms with Crippen molar-refractivity contribution < 1.29 is 9.53 Å². The second-order valence-corrected chi connectivity index (χ2v) is 6.21. The second kappa shape index (κ2) is 8.72. The number of anilines is 2. The number of carbonyl (C=O) groups is 1. The van der Waals surface area contributed by atoms with E-state index in [0.717, 1.165) is 11.1 Å². The van der Waals surface area contributed by atoms with E-state index in [2.05, 4.69) is 24.5 Å². The predicted octanol–water partition coefficient (Wildman–Crippen LogP) is 4.59. The molecule has 5 nitrogen and oxygen atoms in total. The highest BCUT2D eigenvalue weighted by Gasteiger charge is 2.13. The van der Waals surface area contributed by atoms with Gasteiger partial charge in [-0.1, -0.05) is 38.1 Å². The number of hydrogen-bond donors (Lipinski definition) is 2. The molecule has 0 saturated heterocycles. The van der Waals surface area contributed by atoms with Crippen molar-refractivity contribution in [1.29, 1.82) is 5.26 Å². The lowest BCUT2D eigenvalue weighted by atomic mass is 10.0. The lowest BCUT2D eigenvalue weighted by Gasteiger charge is -2.13. The van der Waals surface area contributed by atoms with Gasteiger partial charge < -0.3 is 15.4 Å². The third kappa shape index (κ3) is 4.64. The van der Waals surface area contributed by atoms with E-state index < -0.39 is 5.91 Å². The molecule has 1 amide bonds. The molecule has 0 aromatic heterocycles. The summed E-state index contributed by atoms with van der Waals surface area (Å²) in [5, 5.41) is 15.2. The minimum Gasteiger partial charge on any atom is -0.495 e. The molecule has 2 aromatic carbocycles. The van der Waals surface area contributed by atoms with Gasteiger partial charge in [-0.2, -0.15) is 5.26 Å². The summed E-state index contributed by atoms with van der Waals surface area (Å²) in [7, 11) is 1.57. The van der Waals surface area contributed by atoms with Gasteiger partial charge in [0.1, 0.15) is 17.4 Å². The van der Waals surface area contributed by atoms with E-state index in [0.29, 0.717) is 17.1 Å². The smallest absolute Gasteiger partial charge is 0.267 e. The summed E-state index contributed by atoms with van der Waals surface area (Å²) in [4.78, 5) is 12.5. The minimum atomic E-state index is -0.459. The van der Waals surface area contributed by atoms with Crippen molar-refractivity contribution in [3.63, 3.8) is 0 Å². The molecule has 2 rings (SSSR count). The Bertz CT molecular complexity index is 864. The first-order chi connectivity index (χ1) is 12.5. The number of para-hydroxylation sites is 1. The summed E-state index contributed by atoms with van der Waals surface area (Å²) in [6.07, 6.45) is 1.39. The van der Waals surface area contributed by atoms with Crippen molar-refractivity contribution in [2.45, 2.75) is 26.7 Å². The van der Waals surface area contributed by atoms with Gasteiger partial charge >= 0.3 is 0 Å². The molecule has 0 unspecified atom stereocenters. The molecule has 134 valence electrons. The van der Waals surface area contributed by atoms with Gasteiger partial charge in [0.05, 0.1) is 12.8 Å². The quantitative estimate of drug-likeness (QED) is 0.591. The van der Waals surface area contributed by atoms with Gasteiger partial charge in [-0.3, -0.25) is 4.79 Å². The highest BCUT2D eigenvalue weighted by molar-refractivity contribution is 6.07. The van der Waals surface area contributed by atoms with Crippen LogP contribution in [0.4, 0.5) is 11.4 Å². The van der Waals surface area contributed by atoms with Gasteiger partial charge in [-0.25, -0.2) is 0 Å². The summed E-state index contributed by atoms with van der Waals surface area (Å²) in [6, 6.07) is 15.2. The molecule has 2 aromatic rings. The van der Waals surface area contributed by atoms with Gasteiger partial charge in [-0.15, -0.1) is 0 Å². The summed E-state index contributed by atoms with van der Waals surface area (Å²) in [5.41, 5.74) is 3.44. The molecule has 0 fully saturated rings. The molecule has 0 radical (unpaired) electrons. The van der Waals surface area contributed by atoms with Crippen molar-refractivity contribution in [2.24, 2.45) is 0 Å². The number of aryl methyl sites for hydroxylation is 1. The zero-order chi connectivity index (χ0) is 19.1. The fourth-order valence-corrected chi connectivity index (χ4v) is 2.54. The number of nitrogens with zero attached hydrogens (tertiary/aromatic N) is 1. The van der Waals surface area contributed by atoms with E-state index in [1.807, 2.05) is 55.5 Å². The Kier molecular flexibility index (Phi) is 6.40.